The second-order valence-electron chi connectivity index (χ2n) is 3.48. The van der Waals surface area contributed by atoms with Crippen molar-refractivity contribution in [1.82, 2.24) is 5.32 Å². The molecule has 0 bridgehead atoms. The third-order valence-electron chi connectivity index (χ3n) is 2.11. The Hall–Kier alpha value is -0.640. The maximum absolute atomic E-state index is 13.0. The highest BCUT2D eigenvalue weighted by atomic mass is 35.5. The Kier molecular flexibility index (Phi) is 9.19. The molecule has 0 aliphatic heterocycles. The molecule has 0 aliphatic rings. The minimum atomic E-state index is -0.814. The molecule has 0 aliphatic carbocycles. The van der Waals surface area contributed by atoms with Crippen LogP contribution < -0.4 is 5.32 Å². The zero-order valence-corrected chi connectivity index (χ0v) is 10.3. The molecule has 92 valence electrons. The second-order valence-corrected chi connectivity index (χ2v) is 3.48. The van der Waals surface area contributed by atoms with Crippen LogP contribution in [0.1, 0.15) is 12.0 Å². The van der Waals surface area contributed by atoms with Crippen LogP contribution in [0.3, 0.4) is 0 Å². The average molecular weight is 248 g/mol. The Labute approximate surface area is 103 Å². The molecule has 1 aromatic rings. The first-order chi connectivity index (χ1) is 7.33. The van der Waals surface area contributed by atoms with E-state index in [4.69, 9.17) is 4.74 Å². The highest BCUT2D eigenvalue weighted by molar-refractivity contribution is 5.85. The first-order valence-electron chi connectivity index (χ1n) is 5.23. The van der Waals surface area contributed by atoms with Gasteiger partial charge in [0.05, 0.1) is 6.61 Å². The lowest BCUT2D eigenvalue weighted by Crippen LogP contribution is -2.21. The summed E-state index contributed by atoms with van der Waals surface area (Å²) < 4.78 is 18.4. The number of hydrogen-bond acceptors (Lipinski definition) is 2. The quantitative estimate of drug-likeness (QED) is 0.748. The third-order valence-corrected chi connectivity index (χ3v) is 2.11. The Balaban J connectivity index is 0.00000225. The fourth-order valence-corrected chi connectivity index (χ4v) is 1.30. The number of nitrogens with one attached hydrogen (secondary N) is 1. The minimum Gasteiger partial charge on any atom is -0.377 e. The molecule has 0 saturated carbocycles. The van der Waals surface area contributed by atoms with Gasteiger partial charge in [-0.05, 0) is 12.6 Å². The molecule has 2 nitrogen and oxygen atoms in total. The van der Waals surface area contributed by atoms with E-state index in [2.05, 4.69) is 5.32 Å². The first kappa shape index (κ1) is 15.4. The van der Waals surface area contributed by atoms with Crippen LogP contribution >= 0.6 is 12.4 Å². The number of alkyl halides is 1. The first-order valence-corrected chi connectivity index (χ1v) is 5.23. The van der Waals surface area contributed by atoms with Crippen LogP contribution in [-0.2, 0) is 11.3 Å². The molecule has 0 radical (unpaired) electrons. The van der Waals surface area contributed by atoms with Crippen molar-refractivity contribution < 1.29 is 9.13 Å². The predicted molar refractivity (Wildman–Crippen MR) is 66.8 cm³/mol. The highest BCUT2D eigenvalue weighted by Crippen LogP contribution is 2.02. The van der Waals surface area contributed by atoms with E-state index in [9.17, 15) is 4.39 Å². The molecule has 1 atom stereocenters. The van der Waals surface area contributed by atoms with Crippen molar-refractivity contribution in [3.63, 3.8) is 0 Å². The molecule has 0 saturated heterocycles. The molecule has 1 unspecified atom stereocenters. The lowest BCUT2D eigenvalue weighted by atomic mass is 10.2. The van der Waals surface area contributed by atoms with Gasteiger partial charge in [-0.3, -0.25) is 0 Å². The maximum atomic E-state index is 13.0. The van der Waals surface area contributed by atoms with E-state index in [1.807, 2.05) is 30.3 Å². The summed E-state index contributed by atoms with van der Waals surface area (Å²) in [5.74, 6) is 0. The van der Waals surface area contributed by atoms with Crippen LogP contribution in [0.5, 0.6) is 0 Å². The molecule has 0 heterocycles. The van der Waals surface area contributed by atoms with Crippen LogP contribution in [0, 0.1) is 0 Å². The lowest BCUT2D eigenvalue weighted by Gasteiger charge is -2.08. The van der Waals surface area contributed by atoms with Crippen molar-refractivity contribution in [2.75, 3.05) is 20.2 Å². The number of rotatable bonds is 7. The summed E-state index contributed by atoms with van der Waals surface area (Å²) in [5, 5.41) is 2.80. The second kappa shape index (κ2) is 9.58. The van der Waals surface area contributed by atoms with Crippen molar-refractivity contribution in [3.05, 3.63) is 35.9 Å². The van der Waals surface area contributed by atoms with E-state index in [-0.39, 0.29) is 12.4 Å². The van der Waals surface area contributed by atoms with Crippen molar-refractivity contribution >= 4 is 12.4 Å². The molecular weight excluding hydrogens is 229 g/mol. The van der Waals surface area contributed by atoms with Gasteiger partial charge in [0.15, 0.2) is 0 Å². The molecule has 0 amide bonds. The van der Waals surface area contributed by atoms with Crippen molar-refractivity contribution in [2.24, 2.45) is 0 Å². The molecule has 0 fully saturated rings. The largest absolute Gasteiger partial charge is 0.377 e. The van der Waals surface area contributed by atoms with Gasteiger partial charge in [0.1, 0.15) is 6.17 Å². The zero-order valence-electron chi connectivity index (χ0n) is 9.49. The summed E-state index contributed by atoms with van der Waals surface area (Å²) in [6.07, 6.45) is -0.362. The summed E-state index contributed by atoms with van der Waals surface area (Å²) >= 11 is 0. The van der Waals surface area contributed by atoms with Crippen molar-refractivity contribution in [3.8, 4) is 0 Å². The van der Waals surface area contributed by atoms with E-state index < -0.39 is 6.17 Å². The van der Waals surface area contributed by atoms with Crippen LogP contribution in [0.15, 0.2) is 30.3 Å². The standard InChI is InChI=1S/C12H18FNO.ClH/c1-14-9-12(13)7-8-15-10-11-5-3-2-4-6-11;/h2-6,12,14H,7-10H2,1H3;1H. The smallest absolute Gasteiger partial charge is 0.115 e. The molecule has 4 heteroatoms. The van der Waals surface area contributed by atoms with Crippen molar-refractivity contribution in [1.29, 1.82) is 0 Å². The topological polar surface area (TPSA) is 21.3 Å². The van der Waals surface area contributed by atoms with Crippen LogP contribution in [0.4, 0.5) is 4.39 Å². The van der Waals surface area contributed by atoms with Gasteiger partial charge >= 0.3 is 0 Å². The number of benzene rings is 1. The Bertz CT molecular complexity index is 258. The third kappa shape index (κ3) is 6.77. The summed E-state index contributed by atoms with van der Waals surface area (Å²) in [6, 6.07) is 9.91. The van der Waals surface area contributed by atoms with Gasteiger partial charge < -0.3 is 10.1 Å². The molecule has 16 heavy (non-hydrogen) atoms. The molecule has 0 aromatic heterocycles. The summed E-state index contributed by atoms with van der Waals surface area (Å²) in [6.45, 7) is 1.43. The van der Waals surface area contributed by atoms with Gasteiger partial charge in [-0.15, -0.1) is 12.4 Å². The van der Waals surface area contributed by atoms with Gasteiger partial charge in [0, 0.05) is 19.6 Å². The molecule has 0 spiro atoms. The molecule has 1 N–H and O–H groups in total. The monoisotopic (exact) mass is 247 g/mol. The van der Waals surface area contributed by atoms with Gasteiger partial charge in [-0.25, -0.2) is 4.39 Å². The normalized spacial score (nSPS) is 11.9. The lowest BCUT2D eigenvalue weighted by molar-refractivity contribution is 0.0996. The molecular formula is C12H19ClFNO. The van der Waals surface area contributed by atoms with E-state index in [1.54, 1.807) is 7.05 Å². The number of halogens is 2. The van der Waals surface area contributed by atoms with Crippen LogP contribution in [0.25, 0.3) is 0 Å². The van der Waals surface area contributed by atoms with E-state index in [0.29, 0.717) is 26.2 Å². The minimum absolute atomic E-state index is 0. The van der Waals surface area contributed by atoms with E-state index in [0.717, 1.165) is 5.56 Å². The Morgan fingerprint density at radius 2 is 2.00 bits per heavy atom. The van der Waals surface area contributed by atoms with Crippen LogP contribution in [-0.4, -0.2) is 26.4 Å². The zero-order chi connectivity index (χ0) is 10.9. The van der Waals surface area contributed by atoms with Gasteiger partial charge in [-0.2, -0.15) is 0 Å². The fraction of sp³-hybridized carbons (Fsp3) is 0.500. The highest BCUT2D eigenvalue weighted by Gasteiger charge is 2.03. The summed E-state index contributed by atoms with van der Waals surface area (Å²) in [7, 11) is 1.75. The summed E-state index contributed by atoms with van der Waals surface area (Å²) in [5.41, 5.74) is 1.13. The molecule has 1 aromatic carbocycles. The van der Waals surface area contributed by atoms with Gasteiger partial charge in [0.2, 0.25) is 0 Å². The van der Waals surface area contributed by atoms with Crippen LogP contribution in [0.2, 0.25) is 0 Å². The number of hydrogen-bond donors (Lipinski definition) is 1. The number of ether oxygens (including phenoxy) is 1. The predicted octanol–water partition coefficient (Wildman–Crippen LogP) is 2.57. The van der Waals surface area contributed by atoms with E-state index >= 15 is 0 Å². The van der Waals surface area contributed by atoms with Gasteiger partial charge in [0.25, 0.3) is 0 Å². The SMILES string of the molecule is CNCC(F)CCOCc1ccccc1.Cl. The average Bonchev–Trinajstić information content (AvgIpc) is 2.26. The fourth-order valence-electron chi connectivity index (χ4n) is 1.30. The van der Waals surface area contributed by atoms with Crippen molar-refractivity contribution in [2.45, 2.75) is 19.2 Å². The summed E-state index contributed by atoms with van der Waals surface area (Å²) in [4.78, 5) is 0. The Morgan fingerprint density at radius 1 is 1.31 bits per heavy atom. The van der Waals surface area contributed by atoms with E-state index in [1.165, 1.54) is 0 Å². The maximum Gasteiger partial charge on any atom is 0.115 e. The Morgan fingerprint density at radius 3 is 2.62 bits per heavy atom. The molecule has 1 rings (SSSR count). The van der Waals surface area contributed by atoms with Gasteiger partial charge in [-0.1, -0.05) is 30.3 Å².